The Morgan fingerprint density at radius 3 is 2.81 bits per heavy atom. The molecule has 2 aromatic rings. The van der Waals surface area contributed by atoms with Crippen LogP contribution in [0.3, 0.4) is 0 Å². The van der Waals surface area contributed by atoms with Gasteiger partial charge >= 0.3 is 5.97 Å². The fourth-order valence-corrected chi connectivity index (χ4v) is 4.40. The molecule has 138 valence electrons. The molecule has 0 unspecified atom stereocenters. The first-order valence-electron chi connectivity index (χ1n) is 7.67. The summed E-state index contributed by atoms with van der Waals surface area (Å²) in [4.78, 5) is 42.7. The number of carboxylic acid groups (broad SMARTS) is 1. The van der Waals surface area contributed by atoms with Gasteiger partial charge in [0.05, 0.1) is 14.8 Å². The molecule has 0 radical (unpaired) electrons. The highest BCUT2D eigenvalue weighted by atomic mass is 79.9. The van der Waals surface area contributed by atoms with Crippen LogP contribution in [0.25, 0.3) is 0 Å². The number of anilines is 1. The van der Waals surface area contributed by atoms with E-state index in [-0.39, 0.29) is 11.9 Å². The van der Waals surface area contributed by atoms with Crippen LogP contribution in [0.1, 0.15) is 33.9 Å². The van der Waals surface area contributed by atoms with Crippen LogP contribution in [0.15, 0.2) is 15.1 Å². The molecular weight excluding hydrogens is 492 g/mol. The first kappa shape index (κ1) is 19.1. The summed E-state index contributed by atoms with van der Waals surface area (Å²) in [7, 11) is 0. The molecule has 2 aromatic heterocycles. The van der Waals surface area contributed by atoms with Crippen molar-refractivity contribution in [3.8, 4) is 0 Å². The number of carboxylic acids is 1. The van der Waals surface area contributed by atoms with Crippen molar-refractivity contribution in [2.45, 2.75) is 31.7 Å². The van der Waals surface area contributed by atoms with Crippen LogP contribution in [-0.2, 0) is 22.4 Å². The predicted molar refractivity (Wildman–Crippen MR) is 102 cm³/mol. The quantitative estimate of drug-likeness (QED) is 0.465. The van der Waals surface area contributed by atoms with E-state index >= 15 is 0 Å². The normalized spacial score (nSPS) is 16.0. The summed E-state index contributed by atoms with van der Waals surface area (Å²) in [5.74, 6) is -1.98. The minimum atomic E-state index is -1.19. The number of aromatic amines is 1. The van der Waals surface area contributed by atoms with E-state index in [1.54, 1.807) is 6.07 Å². The number of amides is 2. The zero-order chi connectivity index (χ0) is 18.8. The zero-order valence-corrected chi connectivity index (χ0v) is 17.3. The monoisotopic (exact) mass is 504 g/mol. The van der Waals surface area contributed by atoms with E-state index < -0.39 is 18.3 Å². The Morgan fingerprint density at radius 2 is 2.15 bits per heavy atom. The third-order valence-electron chi connectivity index (χ3n) is 3.80. The lowest BCUT2D eigenvalue weighted by atomic mass is 9.97. The average molecular weight is 506 g/mol. The lowest BCUT2D eigenvalue weighted by Gasteiger charge is -2.22. The van der Waals surface area contributed by atoms with Gasteiger partial charge in [0, 0.05) is 17.3 Å². The van der Waals surface area contributed by atoms with Crippen molar-refractivity contribution in [2.24, 2.45) is 0 Å². The molecule has 11 heteroatoms. The van der Waals surface area contributed by atoms with Crippen molar-refractivity contribution in [1.82, 2.24) is 15.3 Å². The second kappa shape index (κ2) is 7.89. The summed E-state index contributed by atoms with van der Waals surface area (Å²) in [5.41, 5.74) is 1.34. The minimum Gasteiger partial charge on any atom is -0.481 e. The topological polar surface area (TPSA) is 124 Å². The number of halogens is 2. The van der Waals surface area contributed by atoms with Crippen molar-refractivity contribution >= 4 is 66.1 Å². The van der Waals surface area contributed by atoms with Crippen molar-refractivity contribution < 1.29 is 19.5 Å². The average Bonchev–Trinajstić information content (AvgIpc) is 3.09. The molecule has 3 rings (SSSR count). The molecule has 0 spiro atoms. The van der Waals surface area contributed by atoms with E-state index in [9.17, 15) is 14.4 Å². The molecule has 0 aromatic carbocycles. The number of carbonyl (C=O) groups is 3. The van der Waals surface area contributed by atoms with Gasteiger partial charge < -0.3 is 20.7 Å². The maximum atomic E-state index is 12.3. The maximum Gasteiger partial charge on any atom is 0.312 e. The van der Waals surface area contributed by atoms with Gasteiger partial charge in [0.25, 0.3) is 5.91 Å². The number of carbonyl (C=O) groups excluding carboxylic acids is 2. The van der Waals surface area contributed by atoms with Crippen LogP contribution in [-0.4, -0.2) is 38.9 Å². The van der Waals surface area contributed by atoms with E-state index in [0.29, 0.717) is 28.3 Å². The third-order valence-corrected chi connectivity index (χ3v) is 6.62. The van der Waals surface area contributed by atoms with Gasteiger partial charge in [0.1, 0.15) is 12.1 Å². The van der Waals surface area contributed by atoms with Crippen LogP contribution in [0.2, 0.25) is 0 Å². The van der Waals surface area contributed by atoms with Gasteiger partial charge in [-0.25, -0.2) is 4.98 Å². The third kappa shape index (κ3) is 4.51. The van der Waals surface area contributed by atoms with Crippen LogP contribution in [0.5, 0.6) is 0 Å². The molecule has 8 nitrogen and oxygen atoms in total. The van der Waals surface area contributed by atoms with Gasteiger partial charge in [0.15, 0.2) is 5.13 Å². The number of thiazole rings is 1. The molecule has 0 saturated heterocycles. The Bertz CT molecular complexity index is 860. The van der Waals surface area contributed by atoms with Crippen LogP contribution < -0.4 is 10.6 Å². The second-order valence-electron chi connectivity index (χ2n) is 5.77. The van der Waals surface area contributed by atoms with Crippen molar-refractivity contribution in [3.05, 3.63) is 31.4 Å². The smallest absolute Gasteiger partial charge is 0.312 e. The summed E-state index contributed by atoms with van der Waals surface area (Å²) in [6, 6.07) is 1.68. The largest absolute Gasteiger partial charge is 0.481 e. The molecule has 1 aliphatic carbocycles. The Kier molecular flexibility index (Phi) is 5.78. The molecule has 0 bridgehead atoms. The number of aryl methyl sites for hydroxylation is 1. The van der Waals surface area contributed by atoms with Crippen molar-refractivity contribution in [2.75, 3.05) is 5.32 Å². The number of aliphatic carboxylic acids is 1. The number of rotatable bonds is 5. The Labute approximate surface area is 169 Å². The molecule has 2 amide bonds. The fourth-order valence-electron chi connectivity index (χ4n) is 2.64. The first-order chi connectivity index (χ1) is 12.3. The number of H-pyrrole nitrogens is 1. The number of fused-ring (bicyclic) bond motifs is 1. The first-order valence-corrected chi connectivity index (χ1v) is 10.1. The Morgan fingerprint density at radius 1 is 1.38 bits per heavy atom. The van der Waals surface area contributed by atoms with E-state index in [4.69, 9.17) is 5.11 Å². The number of nitrogens with zero attached hydrogens (tertiary/aromatic N) is 1. The van der Waals surface area contributed by atoms with Gasteiger partial charge in [-0.15, -0.1) is 11.3 Å². The standard InChI is InChI=1S/C15H14Br2N4O4S/c16-7-4-9(19-13(7)17)14(25)18-6-1-2-8-10(3-6)26-15(20-8)21-11(22)5-12(23)24/h4,6,19H,1-3,5H2,(H,18,25)(H,23,24)(H,20,21,22)/t6-/m1/s1. The molecule has 1 atom stereocenters. The Hall–Kier alpha value is -1.72. The molecule has 26 heavy (non-hydrogen) atoms. The highest BCUT2D eigenvalue weighted by molar-refractivity contribution is 9.13. The highest BCUT2D eigenvalue weighted by Gasteiger charge is 2.25. The summed E-state index contributed by atoms with van der Waals surface area (Å²) < 4.78 is 1.48. The lowest BCUT2D eigenvalue weighted by molar-refractivity contribution is -0.139. The molecule has 2 heterocycles. The minimum absolute atomic E-state index is 0.0288. The molecule has 0 aliphatic heterocycles. The van der Waals surface area contributed by atoms with Crippen LogP contribution >= 0.6 is 43.2 Å². The van der Waals surface area contributed by atoms with E-state index in [2.05, 4.69) is 52.5 Å². The zero-order valence-electron chi connectivity index (χ0n) is 13.3. The van der Waals surface area contributed by atoms with Gasteiger partial charge in [0.2, 0.25) is 5.91 Å². The van der Waals surface area contributed by atoms with Crippen molar-refractivity contribution in [3.63, 3.8) is 0 Å². The van der Waals surface area contributed by atoms with Crippen molar-refractivity contribution in [1.29, 1.82) is 0 Å². The van der Waals surface area contributed by atoms with E-state index in [0.717, 1.165) is 21.5 Å². The molecule has 4 N–H and O–H groups in total. The van der Waals surface area contributed by atoms with E-state index in [1.165, 1.54) is 11.3 Å². The molecule has 0 fully saturated rings. The van der Waals surface area contributed by atoms with Crippen LogP contribution in [0, 0.1) is 0 Å². The predicted octanol–water partition coefficient (Wildman–Crippen LogP) is 2.70. The second-order valence-corrected chi connectivity index (χ2v) is 8.50. The number of aromatic nitrogens is 2. The van der Waals surface area contributed by atoms with Gasteiger partial charge in [-0.1, -0.05) is 0 Å². The molecule has 1 aliphatic rings. The fraction of sp³-hybridized carbons (Fsp3) is 0.333. The number of hydrogen-bond acceptors (Lipinski definition) is 5. The van der Waals surface area contributed by atoms with Gasteiger partial charge in [-0.3, -0.25) is 14.4 Å². The summed E-state index contributed by atoms with van der Waals surface area (Å²) in [6.07, 6.45) is 1.46. The van der Waals surface area contributed by atoms with Crippen LogP contribution in [0.4, 0.5) is 5.13 Å². The molecule has 0 saturated carbocycles. The maximum absolute atomic E-state index is 12.3. The summed E-state index contributed by atoms with van der Waals surface area (Å²) in [5, 5.41) is 14.5. The number of nitrogens with one attached hydrogen (secondary N) is 3. The lowest BCUT2D eigenvalue weighted by Crippen LogP contribution is -2.38. The van der Waals surface area contributed by atoms with Gasteiger partial charge in [-0.2, -0.15) is 0 Å². The summed E-state index contributed by atoms with van der Waals surface area (Å²) >= 11 is 7.95. The van der Waals surface area contributed by atoms with Gasteiger partial charge in [-0.05, 0) is 50.8 Å². The summed E-state index contributed by atoms with van der Waals surface area (Å²) in [6.45, 7) is 0. The number of hydrogen-bond donors (Lipinski definition) is 4. The SMILES string of the molecule is O=C(O)CC(=O)Nc1nc2c(s1)C[C@H](NC(=O)c1cc(Br)c(Br)[nH]1)CC2. The van der Waals surface area contributed by atoms with E-state index in [1.807, 2.05) is 0 Å². The molecular formula is C15H14Br2N4O4S. The Balaban J connectivity index is 1.61. The highest BCUT2D eigenvalue weighted by Crippen LogP contribution is 2.30.